The van der Waals surface area contributed by atoms with Crippen LogP contribution in [0.2, 0.25) is 0 Å². The zero-order chi connectivity index (χ0) is 19.3. The Balaban J connectivity index is 1.36. The summed E-state index contributed by atoms with van der Waals surface area (Å²) >= 11 is 0. The smallest absolute Gasteiger partial charge is 0.270 e. The molecule has 4 heterocycles. The number of nitrogens with one attached hydrogen (secondary N) is 1. The summed E-state index contributed by atoms with van der Waals surface area (Å²) < 4.78 is 15.6. The van der Waals surface area contributed by atoms with Crippen molar-refractivity contribution in [1.29, 1.82) is 0 Å². The quantitative estimate of drug-likeness (QED) is 0.739. The lowest BCUT2D eigenvalue weighted by Crippen LogP contribution is -2.39. The minimum Gasteiger partial charge on any atom is -0.350 e. The highest BCUT2D eigenvalue weighted by Crippen LogP contribution is 2.27. The molecule has 2 aliphatic rings. The van der Waals surface area contributed by atoms with E-state index < -0.39 is 0 Å². The second-order valence-electron chi connectivity index (χ2n) is 7.87. The highest BCUT2D eigenvalue weighted by Gasteiger charge is 2.30. The molecule has 0 radical (unpaired) electrons. The minimum atomic E-state index is -0.319. The normalized spacial score (nSPS) is 20.5. The molecular weight excluding hydrogens is 359 g/mol. The van der Waals surface area contributed by atoms with Crippen LogP contribution in [0, 0.1) is 5.82 Å². The second-order valence-corrected chi connectivity index (χ2v) is 7.87. The van der Waals surface area contributed by atoms with Gasteiger partial charge in [0.1, 0.15) is 17.3 Å². The number of aromatic nitrogens is 4. The van der Waals surface area contributed by atoms with Crippen molar-refractivity contribution >= 4 is 16.8 Å². The van der Waals surface area contributed by atoms with E-state index >= 15 is 0 Å². The molecule has 1 aromatic carbocycles. The summed E-state index contributed by atoms with van der Waals surface area (Å²) in [5.74, 6) is 1.88. The Morgan fingerprint density at radius 2 is 2.11 bits per heavy atom. The lowest BCUT2D eigenvalue weighted by Gasteiger charge is -2.31. The minimum absolute atomic E-state index is 0.0928. The van der Waals surface area contributed by atoms with E-state index in [0.717, 1.165) is 36.5 Å². The van der Waals surface area contributed by atoms with E-state index in [-0.39, 0.29) is 11.7 Å². The summed E-state index contributed by atoms with van der Waals surface area (Å²) in [7, 11) is 2.15. The van der Waals surface area contributed by atoms with Gasteiger partial charge in [0.15, 0.2) is 5.82 Å². The molecule has 146 valence electrons. The zero-order valence-electron chi connectivity index (χ0n) is 15.9. The van der Waals surface area contributed by atoms with Gasteiger partial charge < -0.3 is 19.4 Å². The maximum absolute atomic E-state index is 13.4. The molecular formula is C20H23FN6O. The summed E-state index contributed by atoms with van der Waals surface area (Å²) in [6, 6.07) is 6.27. The number of rotatable bonds is 2. The molecule has 8 heteroatoms. The van der Waals surface area contributed by atoms with Gasteiger partial charge in [-0.1, -0.05) is 0 Å². The van der Waals surface area contributed by atoms with Gasteiger partial charge in [0.2, 0.25) is 0 Å². The highest BCUT2D eigenvalue weighted by atomic mass is 19.1. The monoisotopic (exact) mass is 382 g/mol. The molecule has 0 saturated carbocycles. The molecule has 5 rings (SSSR count). The van der Waals surface area contributed by atoms with Crippen LogP contribution in [-0.2, 0) is 13.1 Å². The number of H-pyrrole nitrogens is 1. The molecule has 1 amide bonds. The zero-order valence-corrected chi connectivity index (χ0v) is 15.9. The summed E-state index contributed by atoms with van der Waals surface area (Å²) in [6.45, 7) is 3.90. The maximum Gasteiger partial charge on any atom is 0.270 e. The van der Waals surface area contributed by atoms with Gasteiger partial charge in [-0.15, -0.1) is 10.2 Å². The second kappa shape index (κ2) is 6.70. The standard InChI is InChI=1S/C20H23FN6O/c1-25-6-2-3-14(11-25)19-24-23-18-12-26(7-8-27(18)19)20(28)17-9-13-4-5-15(21)10-16(13)22-17/h4-5,9-10,14,22H,2-3,6-8,11-12H2,1H3/t14-/m0/s1. The lowest BCUT2D eigenvalue weighted by molar-refractivity contribution is 0.0700. The van der Waals surface area contributed by atoms with Crippen LogP contribution in [0.3, 0.4) is 0 Å². The van der Waals surface area contributed by atoms with Crippen LogP contribution in [-0.4, -0.2) is 62.1 Å². The molecule has 3 aromatic rings. The largest absolute Gasteiger partial charge is 0.350 e. The van der Waals surface area contributed by atoms with Crippen molar-refractivity contribution < 1.29 is 9.18 Å². The Hall–Kier alpha value is -2.74. The van der Waals surface area contributed by atoms with Crippen molar-refractivity contribution in [2.45, 2.75) is 31.8 Å². The van der Waals surface area contributed by atoms with Crippen LogP contribution in [0.4, 0.5) is 4.39 Å². The summed E-state index contributed by atoms with van der Waals surface area (Å²) in [6.07, 6.45) is 2.31. The number of halogens is 1. The van der Waals surface area contributed by atoms with Gasteiger partial charge in [-0.2, -0.15) is 0 Å². The Morgan fingerprint density at radius 1 is 1.21 bits per heavy atom. The SMILES string of the molecule is CN1CCC[C@H](c2nnc3n2CCN(C(=O)c2cc4ccc(F)cc4[nH]2)C3)C1. The third kappa shape index (κ3) is 2.97. The number of amides is 1. The molecule has 1 N–H and O–H groups in total. The van der Waals surface area contributed by atoms with E-state index in [1.54, 1.807) is 17.0 Å². The number of benzene rings is 1. The molecule has 0 aliphatic carbocycles. The van der Waals surface area contributed by atoms with Crippen LogP contribution in [0.15, 0.2) is 24.3 Å². The number of fused-ring (bicyclic) bond motifs is 2. The van der Waals surface area contributed by atoms with Crippen molar-refractivity contribution in [3.05, 3.63) is 47.4 Å². The molecule has 1 atom stereocenters. The third-order valence-electron chi connectivity index (χ3n) is 5.87. The number of likely N-dealkylation sites (tertiary alicyclic amines) is 1. The van der Waals surface area contributed by atoms with E-state index in [2.05, 4.69) is 31.7 Å². The van der Waals surface area contributed by atoms with Crippen LogP contribution in [0.1, 0.15) is 40.9 Å². The topological polar surface area (TPSA) is 70.1 Å². The van der Waals surface area contributed by atoms with Crippen LogP contribution in [0.25, 0.3) is 10.9 Å². The summed E-state index contributed by atoms with van der Waals surface area (Å²) in [4.78, 5) is 20.1. The van der Waals surface area contributed by atoms with Gasteiger partial charge in [0.05, 0.1) is 6.54 Å². The van der Waals surface area contributed by atoms with E-state index in [9.17, 15) is 9.18 Å². The number of piperidine rings is 1. The lowest BCUT2D eigenvalue weighted by atomic mass is 9.97. The summed E-state index contributed by atoms with van der Waals surface area (Å²) in [5.41, 5.74) is 1.11. The number of carbonyl (C=O) groups excluding carboxylic acids is 1. The first-order valence-electron chi connectivity index (χ1n) is 9.76. The first-order valence-corrected chi connectivity index (χ1v) is 9.76. The highest BCUT2D eigenvalue weighted by molar-refractivity contribution is 5.98. The van der Waals surface area contributed by atoms with Crippen molar-refractivity contribution in [2.24, 2.45) is 0 Å². The van der Waals surface area contributed by atoms with Crippen LogP contribution < -0.4 is 0 Å². The fourth-order valence-electron chi connectivity index (χ4n) is 4.42. The molecule has 2 aliphatic heterocycles. The average molecular weight is 382 g/mol. The molecule has 28 heavy (non-hydrogen) atoms. The van der Waals surface area contributed by atoms with Gasteiger partial charge in [-0.05, 0) is 50.7 Å². The molecule has 2 aromatic heterocycles. The van der Waals surface area contributed by atoms with Crippen molar-refractivity contribution in [3.63, 3.8) is 0 Å². The number of hydrogen-bond acceptors (Lipinski definition) is 4. The van der Waals surface area contributed by atoms with Gasteiger partial charge in [0.25, 0.3) is 5.91 Å². The Bertz CT molecular complexity index is 1040. The Kier molecular flexibility index (Phi) is 4.16. The van der Waals surface area contributed by atoms with E-state index in [0.29, 0.717) is 36.8 Å². The first kappa shape index (κ1) is 17.4. The Labute approximate surface area is 162 Å². The predicted molar refractivity (Wildman–Crippen MR) is 102 cm³/mol. The van der Waals surface area contributed by atoms with Gasteiger partial charge in [0, 0.05) is 36.5 Å². The maximum atomic E-state index is 13.4. The molecule has 1 fully saturated rings. The van der Waals surface area contributed by atoms with E-state index in [4.69, 9.17) is 0 Å². The number of nitrogens with zero attached hydrogens (tertiary/aromatic N) is 5. The number of carbonyl (C=O) groups is 1. The van der Waals surface area contributed by atoms with Crippen LogP contribution >= 0.6 is 0 Å². The fourth-order valence-corrected chi connectivity index (χ4v) is 4.42. The van der Waals surface area contributed by atoms with Crippen LogP contribution in [0.5, 0.6) is 0 Å². The van der Waals surface area contributed by atoms with Crippen molar-refractivity contribution in [1.82, 2.24) is 29.5 Å². The van der Waals surface area contributed by atoms with E-state index in [1.807, 2.05) is 0 Å². The number of aromatic amines is 1. The van der Waals surface area contributed by atoms with Gasteiger partial charge in [-0.25, -0.2) is 4.39 Å². The van der Waals surface area contributed by atoms with Gasteiger partial charge in [-0.3, -0.25) is 4.79 Å². The fraction of sp³-hybridized carbons (Fsp3) is 0.450. The Morgan fingerprint density at radius 3 is 2.96 bits per heavy atom. The van der Waals surface area contributed by atoms with E-state index in [1.165, 1.54) is 18.6 Å². The van der Waals surface area contributed by atoms with Crippen molar-refractivity contribution in [2.75, 3.05) is 26.7 Å². The summed E-state index contributed by atoms with van der Waals surface area (Å²) in [5, 5.41) is 9.67. The van der Waals surface area contributed by atoms with Gasteiger partial charge >= 0.3 is 0 Å². The molecule has 7 nitrogen and oxygen atoms in total. The molecule has 0 unspecified atom stereocenters. The molecule has 1 saturated heterocycles. The molecule has 0 spiro atoms. The number of likely N-dealkylation sites (N-methyl/N-ethyl adjacent to an activating group) is 1. The first-order chi connectivity index (χ1) is 13.6. The molecule has 0 bridgehead atoms. The average Bonchev–Trinajstić information content (AvgIpc) is 3.30. The van der Waals surface area contributed by atoms with Crippen molar-refractivity contribution in [3.8, 4) is 0 Å². The number of hydrogen-bond donors (Lipinski definition) is 1. The predicted octanol–water partition coefficient (Wildman–Crippen LogP) is 2.36. The third-order valence-corrected chi connectivity index (χ3v) is 5.87.